The summed E-state index contributed by atoms with van der Waals surface area (Å²) in [5, 5.41) is 0. The van der Waals surface area contributed by atoms with Crippen LogP contribution in [0, 0.1) is 13.8 Å². The van der Waals surface area contributed by atoms with Gasteiger partial charge in [0.05, 0.1) is 17.6 Å². The third-order valence-corrected chi connectivity index (χ3v) is 7.53. The molecule has 1 saturated heterocycles. The molecule has 0 atom stereocenters. The number of hydrogen-bond donors (Lipinski definition) is 0. The summed E-state index contributed by atoms with van der Waals surface area (Å²) in [6.07, 6.45) is 1.15. The molecule has 4 aromatic rings. The summed E-state index contributed by atoms with van der Waals surface area (Å²) in [4.78, 5) is 10.2. The lowest BCUT2D eigenvalue weighted by molar-refractivity contribution is 0.174. The number of benzene rings is 3. The number of hydrogen-bond acceptors (Lipinski definition) is 5. The van der Waals surface area contributed by atoms with Gasteiger partial charge in [-0.05, 0) is 79.9 Å². The Kier molecular flexibility index (Phi) is 6.38. The predicted octanol–water partition coefficient (Wildman–Crippen LogP) is 5.14. The van der Waals surface area contributed by atoms with Crippen molar-refractivity contribution in [3.63, 3.8) is 0 Å². The fraction of sp³-hybridized carbons (Fsp3) is 0.367. The Morgan fingerprint density at radius 2 is 1.47 bits per heavy atom. The van der Waals surface area contributed by atoms with Gasteiger partial charge in [-0.1, -0.05) is 36.4 Å². The maximum absolute atomic E-state index is 5.57. The summed E-state index contributed by atoms with van der Waals surface area (Å²) < 4.78 is 13.4. The smallest absolute Gasteiger partial charge is 0.231 e. The third kappa shape index (κ3) is 4.84. The van der Waals surface area contributed by atoms with E-state index in [1.807, 2.05) is 6.07 Å². The molecule has 6 heteroatoms. The van der Waals surface area contributed by atoms with Crippen molar-refractivity contribution in [2.24, 2.45) is 0 Å². The van der Waals surface area contributed by atoms with Crippen molar-refractivity contribution in [2.75, 3.05) is 33.0 Å². The van der Waals surface area contributed by atoms with E-state index in [0.29, 0.717) is 6.79 Å². The Hall–Kier alpha value is -3.35. The lowest BCUT2D eigenvalue weighted by atomic mass is 10.1. The number of rotatable bonds is 6. The van der Waals surface area contributed by atoms with Crippen LogP contribution in [0.4, 0.5) is 0 Å². The SMILES string of the molecule is Cc1ccc(Cn2c(CN3CCCN(Cc4ccc5c(c4)OCO5)CC3)nc3ccccc32)cc1C. The number of aromatic nitrogens is 2. The average molecular weight is 483 g/mol. The van der Waals surface area contributed by atoms with Crippen LogP contribution in [0.3, 0.4) is 0 Å². The first kappa shape index (κ1) is 23.1. The Labute approximate surface area is 213 Å². The van der Waals surface area contributed by atoms with E-state index in [1.165, 1.54) is 27.8 Å². The Morgan fingerprint density at radius 1 is 0.722 bits per heavy atom. The first-order valence-corrected chi connectivity index (χ1v) is 13.0. The van der Waals surface area contributed by atoms with Crippen LogP contribution in [0.2, 0.25) is 0 Å². The highest BCUT2D eigenvalue weighted by Crippen LogP contribution is 2.33. The van der Waals surface area contributed by atoms with Gasteiger partial charge in [0.1, 0.15) is 5.82 Å². The fourth-order valence-corrected chi connectivity index (χ4v) is 5.35. The summed E-state index contributed by atoms with van der Waals surface area (Å²) in [5.41, 5.74) is 7.58. The molecule has 0 unspecified atom stereocenters. The molecule has 0 N–H and O–H groups in total. The first-order valence-electron chi connectivity index (χ1n) is 13.0. The van der Waals surface area contributed by atoms with Crippen molar-refractivity contribution in [1.82, 2.24) is 19.4 Å². The molecule has 0 aliphatic carbocycles. The first-order chi connectivity index (χ1) is 17.6. The summed E-state index contributed by atoms with van der Waals surface area (Å²) in [6.45, 7) is 11.6. The van der Waals surface area contributed by atoms with E-state index < -0.39 is 0 Å². The molecular weight excluding hydrogens is 448 g/mol. The molecule has 186 valence electrons. The van der Waals surface area contributed by atoms with Gasteiger partial charge in [-0.25, -0.2) is 4.98 Å². The lowest BCUT2D eigenvalue weighted by Gasteiger charge is -2.22. The highest BCUT2D eigenvalue weighted by Gasteiger charge is 2.20. The summed E-state index contributed by atoms with van der Waals surface area (Å²) in [7, 11) is 0. The van der Waals surface area contributed by atoms with Crippen LogP contribution in [0.1, 0.15) is 34.5 Å². The molecule has 0 spiro atoms. The predicted molar refractivity (Wildman–Crippen MR) is 142 cm³/mol. The van der Waals surface area contributed by atoms with Crippen LogP contribution in [-0.4, -0.2) is 52.3 Å². The maximum Gasteiger partial charge on any atom is 0.231 e. The highest BCUT2D eigenvalue weighted by molar-refractivity contribution is 5.76. The van der Waals surface area contributed by atoms with Gasteiger partial charge in [0.25, 0.3) is 0 Å². The van der Waals surface area contributed by atoms with Crippen molar-refractivity contribution in [3.8, 4) is 11.5 Å². The zero-order valence-electron chi connectivity index (χ0n) is 21.2. The lowest BCUT2D eigenvalue weighted by Crippen LogP contribution is -2.31. The molecule has 2 aliphatic heterocycles. The minimum absolute atomic E-state index is 0.325. The number of fused-ring (bicyclic) bond motifs is 2. The number of para-hydroxylation sites is 2. The molecule has 0 amide bonds. The normalized spacial score (nSPS) is 16.5. The molecule has 0 radical (unpaired) electrons. The van der Waals surface area contributed by atoms with Crippen molar-refractivity contribution in [1.29, 1.82) is 0 Å². The van der Waals surface area contributed by atoms with E-state index in [0.717, 1.165) is 75.1 Å². The second-order valence-corrected chi connectivity index (χ2v) is 10.1. The molecular formula is C30H34N4O2. The maximum atomic E-state index is 5.57. The van der Waals surface area contributed by atoms with E-state index in [-0.39, 0.29) is 0 Å². The molecule has 2 aliphatic rings. The summed E-state index contributed by atoms with van der Waals surface area (Å²) >= 11 is 0. The standard InChI is InChI=1S/C30H34N4O2/c1-22-8-9-24(16-23(22)2)19-34-27-7-4-3-6-26(27)31-30(34)20-33-13-5-12-32(14-15-33)18-25-10-11-28-29(17-25)36-21-35-28/h3-4,6-11,16-17H,5,12-15,18-21H2,1-2H3. The highest BCUT2D eigenvalue weighted by atomic mass is 16.7. The van der Waals surface area contributed by atoms with Crippen molar-refractivity contribution in [2.45, 2.75) is 39.9 Å². The second kappa shape index (κ2) is 9.96. The Bertz CT molecular complexity index is 1380. The van der Waals surface area contributed by atoms with E-state index in [2.05, 4.69) is 82.8 Å². The van der Waals surface area contributed by atoms with Gasteiger partial charge in [0.2, 0.25) is 6.79 Å². The number of imidazole rings is 1. The quantitative estimate of drug-likeness (QED) is 0.381. The Balaban J connectivity index is 1.16. The number of nitrogens with zero attached hydrogens (tertiary/aromatic N) is 4. The third-order valence-electron chi connectivity index (χ3n) is 7.53. The van der Waals surface area contributed by atoms with Crippen molar-refractivity contribution < 1.29 is 9.47 Å². The van der Waals surface area contributed by atoms with Gasteiger partial charge in [-0.3, -0.25) is 9.80 Å². The van der Waals surface area contributed by atoms with Crippen molar-refractivity contribution >= 4 is 11.0 Å². The van der Waals surface area contributed by atoms with Crippen LogP contribution >= 0.6 is 0 Å². The summed E-state index contributed by atoms with van der Waals surface area (Å²) in [5.74, 6) is 2.87. The molecule has 6 nitrogen and oxygen atoms in total. The average Bonchev–Trinajstić information content (AvgIpc) is 3.41. The van der Waals surface area contributed by atoms with Crippen LogP contribution in [0.15, 0.2) is 60.7 Å². The van der Waals surface area contributed by atoms with Gasteiger partial charge in [0, 0.05) is 26.2 Å². The van der Waals surface area contributed by atoms with Gasteiger partial charge >= 0.3 is 0 Å². The number of aryl methyl sites for hydroxylation is 2. The van der Waals surface area contributed by atoms with Crippen LogP contribution in [-0.2, 0) is 19.6 Å². The van der Waals surface area contributed by atoms with Gasteiger partial charge in [-0.15, -0.1) is 0 Å². The molecule has 0 bridgehead atoms. The molecule has 3 heterocycles. The molecule has 1 fully saturated rings. The van der Waals surface area contributed by atoms with E-state index >= 15 is 0 Å². The zero-order chi connectivity index (χ0) is 24.5. The molecule has 6 rings (SSSR count). The zero-order valence-corrected chi connectivity index (χ0v) is 21.2. The van der Waals surface area contributed by atoms with Crippen molar-refractivity contribution in [3.05, 3.63) is 88.7 Å². The second-order valence-electron chi connectivity index (χ2n) is 10.1. The van der Waals surface area contributed by atoms with Gasteiger partial charge in [-0.2, -0.15) is 0 Å². The van der Waals surface area contributed by atoms with Crippen LogP contribution in [0.25, 0.3) is 11.0 Å². The molecule has 0 saturated carbocycles. The number of ether oxygens (including phenoxy) is 2. The minimum atomic E-state index is 0.325. The van der Waals surface area contributed by atoms with Crippen LogP contribution < -0.4 is 9.47 Å². The monoisotopic (exact) mass is 482 g/mol. The summed E-state index contributed by atoms with van der Waals surface area (Å²) in [6, 6.07) is 21.6. The molecule has 1 aromatic heterocycles. The molecule has 36 heavy (non-hydrogen) atoms. The van der Waals surface area contributed by atoms with Gasteiger partial charge in [0.15, 0.2) is 11.5 Å². The van der Waals surface area contributed by atoms with E-state index in [9.17, 15) is 0 Å². The van der Waals surface area contributed by atoms with Gasteiger partial charge < -0.3 is 14.0 Å². The molecule has 3 aromatic carbocycles. The van der Waals surface area contributed by atoms with Crippen LogP contribution in [0.5, 0.6) is 11.5 Å². The largest absolute Gasteiger partial charge is 0.454 e. The van der Waals surface area contributed by atoms with E-state index in [1.54, 1.807) is 0 Å². The Morgan fingerprint density at radius 3 is 2.33 bits per heavy atom. The topological polar surface area (TPSA) is 42.8 Å². The van der Waals surface area contributed by atoms with E-state index in [4.69, 9.17) is 14.5 Å². The minimum Gasteiger partial charge on any atom is -0.454 e. The fourth-order valence-electron chi connectivity index (χ4n) is 5.35.